The van der Waals surface area contributed by atoms with Crippen molar-refractivity contribution in [3.8, 4) is 5.75 Å². The van der Waals surface area contributed by atoms with Crippen LogP contribution >= 0.6 is 11.6 Å². The zero-order valence-electron chi connectivity index (χ0n) is 12.3. The number of halogens is 1. The van der Waals surface area contributed by atoms with Crippen molar-refractivity contribution in [3.05, 3.63) is 58.4 Å². The molecule has 108 valence electrons. The molecule has 3 rings (SSSR count). The van der Waals surface area contributed by atoms with Crippen LogP contribution in [-0.2, 0) is 0 Å². The molecule has 0 saturated carbocycles. The molecule has 0 bridgehead atoms. The number of ether oxygens (including phenoxy) is 1. The smallest absolute Gasteiger partial charge is 0.153 e. The molecule has 1 N–H and O–H groups in total. The van der Waals surface area contributed by atoms with Crippen LogP contribution in [0.4, 0.5) is 0 Å². The molecule has 2 aromatic carbocycles. The van der Waals surface area contributed by atoms with Crippen molar-refractivity contribution in [3.63, 3.8) is 0 Å². The number of hydrogen-bond donors (Lipinski definition) is 1. The summed E-state index contributed by atoms with van der Waals surface area (Å²) in [6.45, 7) is 6.11. The van der Waals surface area contributed by atoms with Gasteiger partial charge in [-0.2, -0.15) is 0 Å². The minimum atomic E-state index is -0.155. The van der Waals surface area contributed by atoms with Gasteiger partial charge in [0.2, 0.25) is 0 Å². The lowest BCUT2D eigenvalue weighted by Crippen LogP contribution is -2.05. The van der Waals surface area contributed by atoms with E-state index in [1.54, 1.807) is 0 Å². The third kappa shape index (κ3) is 3.03. The van der Waals surface area contributed by atoms with Crippen molar-refractivity contribution in [1.29, 1.82) is 0 Å². The monoisotopic (exact) mass is 300 g/mol. The van der Waals surface area contributed by atoms with E-state index in [1.165, 1.54) is 11.1 Å². The Bertz CT molecular complexity index is 774. The number of H-pyrrole nitrogens is 1. The number of benzene rings is 2. The molecular weight excluding hydrogens is 284 g/mol. The summed E-state index contributed by atoms with van der Waals surface area (Å²) in [6.07, 6.45) is -0.155. The predicted octanol–water partition coefficient (Wildman–Crippen LogP) is 4.97. The summed E-state index contributed by atoms with van der Waals surface area (Å²) >= 11 is 5.99. The van der Waals surface area contributed by atoms with Gasteiger partial charge in [0.15, 0.2) is 6.10 Å². The molecular formula is C17H17ClN2O. The summed E-state index contributed by atoms with van der Waals surface area (Å²) in [5, 5.41) is 0.695. The van der Waals surface area contributed by atoms with Crippen LogP contribution in [0.15, 0.2) is 36.4 Å². The van der Waals surface area contributed by atoms with Crippen molar-refractivity contribution >= 4 is 22.6 Å². The number of imidazole rings is 1. The Morgan fingerprint density at radius 2 is 1.81 bits per heavy atom. The number of fused-ring (bicyclic) bond motifs is 1. The number of hydrogen-bond acceptors (Lipinski definition) is 2. The Morgan fingerprint density at radius 1 is 1.10 bits per heavy atom. The Labute approximate surface area is 128 Å². The van der Waals surface area contributed by atoms with E-state index >= 15 is 0 Å². The van der Waals surface area contributed by atoms with Crippen molar-refractivity contribution in [1.82, 2.24) is 9.97 Å². The van der Waals surface area contributed by atoms with E-state index in [9.17, 15) is 0 Å². The van der Waals surface area contributed by atoms with Gasteiger partial charge in [0.25, 0.3) is 0 Å². The molecule has 0 aliphatic carbocycles. The predicted molar refractivity (Wildman–Crippen MR) is 86.1 cm³/mol. The molecule has 0 aliphatic rings. The molecule has 1 atom stereocenters. The zero-order chi connectivity index (χ0) is 15.0. The number of aromatic nitrogens is 2. The topological polar surface area (TPSA) is 37.9 Å². The lowest BCUT2D eigenvalue weighted by molar-refractivity contribution is 0.218. The Balaban J connectivity index is 1.87. The fourth-order valence-corrected chi connectivity index (χ4v) is 2.63. The quantitative estimate of drug-likeness (QED) is 0.741. The van der Waals surface area contributed by atoms with Gasteiger partial charge in [0, 0.05) is 5.02 Å². The highest BCUT2D eigenvalue weighted by Crippen LogP contribution is 2.25. The molecule has 0 aliphatic heterocycles. The average molecular weight is 301 g/mol. The fourth-order valence-electron chi connectivity index (χ4n) is 2.45. The van der Waals surface area contributed by atoms with Gasteiger partial charge < -0.3 is 9.72 Å². The number of nitrogens with zero attached hydrogens (tertiary/aromatic N) is 1. The fraction of sp³-hybridized carbons (Fsp3) is 0.235. The van der Waals surface area contributed by atoms with Gasteiger partial charge in [-0.1, -0.05) is 17.7 Å². The van der Waals surface area contributed by atoms with Gasteiger partial charge in [0.1, 0.15) is 11.6 Å². The molecule has 0 radical (unpaired) electrons. The third-order valence-electron chi connectivity index (χ3n) is 3.36. The Hall–Kier alpha value is -2.00. The average Bonchev–Trinajstić information content (AvgIpc) is 2.80. The highest BCUT2D eigenvalue weighted by molar-refractivity contribution is 6.31. The van der Waals surface area contributed by atoms with Crippen molar-refractivity contribution in [2.24, 2.45) is 0 Å². The lowest BCUT2D eigenvalue weighted by atomic mass is 10.1. The lowest BCUT2D eigenvalue weighted by Gasteiger charge is -2.13. The first-order valence-electron chi connectivity index (χ1n) is 6.91. The second-order valence-corrected chi connectivity index (χ2v) is 5.80. The SMILES string of the molecule is Cc1cc(C)cc(O[C@@H](C)c2nc3ccc(Cl)cc3[nH]2)c1. The van der Waals surface area contributed by atoms with E-state index < -0.39 is 0 Å². The van der Waals surface area contributed by atoms with Gasteiger partial charge in [-0.15, -0.1) is 0 Å². The molecule has 3 nitrogen and oxygen atoms in total. The molecule has 3 aromatic rings. The maximum atomic E-state index is 6.00. The first kappa shape index (κ1) is 14.0. The van der Waals surface area contributed by atoms with E-state index in [0.29, 0.717) is 5.02 Å². The molecule has 0 saturated heterocycles. The van der Waals surface area contributed by atoms with Crippen molar-refractivity contribution in [2.75, 3.05) is 0 Å². The first-order valence-corrected chi connectivity index (χ1v) is 7.29. The van der Waals surface area contributed by atoms with Crippen LogP contribution in [-0.4, -0.2) is 9.97 Å². The van der Waals surface area contributed by atoms with Gasteiger partial charge >= 0.3 is 0 Å². The van der Waals surface area contributed by atoms with E-state index in [0.717, 1.165) is 22.6 Å². The Kier molecular flexibility index (Phi) is 3.60. The number of aryl methyl sites for hydroxylation is 2. The van der Waals surface area contributed by atoms with Crippen molar-refractivity contribution in [2.45, 2.75) is 26.9 Å². The highest BCUT2D eigenvalue weighted by atomic mass is 35.5. The highest BCUT2D eigenvalue weighted by Gasteiger charge is 2.13. The molecule has 21 heavy (non-hydrogen) atoms. The van der Waals surface area contributed by atoms with Crippen molar-refractivity contribution < 1.29 is 4.74 Å². The van der Waals surface area contributed by atoms with E-state index in [1.807, 2.05) is 37.3 Å². The summed E-state index contributed by atoms with van der Waals surface area (Å²) in [4.78, 5) is 7.82. The molecule has 1 heterocycles. The number of aromatic amines is 1. The maximum absolute atomic E-state index is 6.00. The van der Waals surface area contributed by atoms with Crippen LogP contribution in [0.3, 0.4) is 0 Å². The van der Waals surface area contributed by atoms with E-state index in [2.05, 4.69) is 29.9 Å². The summed E-state index contributed by atoms with van der Waals surface area (Å²) in [6, 6.07) is 11.8. The maximum Gasteiger partial charge on any atom is 0.153 e. The van der Waals surface area contributed by atoms with E-state index in [-0.39, 0.29) is 6.10 Å². The van der Waals surface area contributed by atoms with Crippen LogP contribution in [0.25, 0.3) is 11.0 Å². The van der Waals surface area contributed by atoms with Crippen LogP contribution in [0.5, 0.6) is 5.75 Å². The van der Waals surface area contributed by atoms with Crippen LogP contribution in [0.2, 0.25) is 5.02 Å². The van der Waals surface area contributed by atoms with E-state index in [4.69, 9.17) is 16.3 Å². The minimum Gasteiger partial charge on any atom is -0.483 e. The molecule has 4 heteroatoms. The normalized spacial score (nSPS) is 12.6. The second-order valence-electron chi connectivity index (χ2n) is 5.37. The summed E-state index contributed by atoms with van der Waals surface area (Å²) in [5.41, 5.74) is 4.20. The summed E-state index contributed by atoms with van der Waals surface area (Å²) < 4.78 is 6.00. The van der Waals surface area contributed by atoms with Crippen LogP contribution in [0.1, 0.15) is 30.0 Å². The Morgan fingerprint density at radius 3 is 2.52 bits per heavy atom. The largest absolute Gasteiger partial charge is 0.483 e. The van der Waals surface area contributed by atoms with Gasteiger partial charge in [0.05, 0.1) is 11.0 Å². The summed E-state index contributed by atoms with van der Waals surface area (Å²) in [5.74, 6) is 1.66. The molecule has 0 spiro atoms. The van der Waals surface area contributed by atoms with Gasteiger partial charge in [-0.05, 0) is 62.2 Å². The number of nitrogens with one attached hydrogen (secondary N) is 1. The number of rotatable bonds is 3. The summed E-state index contributed by atoms with van der Waals surface area (Å²) in [7, 11) is 0. The molecule has 0 unspecified atom stereocenters. The molecule has 0 amide bonds. The second kappa shape index (κ2) is 5.41. The minimum absolute atomic E-state index is 0.155. The third-order valence-corrected chi connectivity index (χ3v) is 3.59. The van der Waals surface area contributed by atoms with Crippen LogP contribution in [0, 0.1) is 13.8 Å². The molecule has 1 aromatic heterocycles. The van der Waals surface area contributed by atoms with Crippen LogP contribution < -0.4 is 4.74 Å². The first-order chi connectivity index (χ1) is 10.0. The molecule has 0 fully saturated rings. The zero-order valence-corrected chi connectivity index (χ0v) is 13.0. The van der Waals surface area contributed by atoms with Gasteiger partial charge in [-0.3, -0.25) is 0 Å². The standard InChI is InChI=1S/C17H17ClN2O/c1-10-6-11(2)8-14(7-10)21-12(3)17-19-15-5-4-13(18)9-16(15)20-17/h4-9,12H,1-3H3,(H,19,20)/t12-/m0/s1. The van der Waals surface area contributed by atoms with Gasteiger partial charge in [-0.25, -0.2) is 4.98 Å².